The third-order valence-corrected chi connectivity index (χ3v) is 10.2. The van der Waals surface area contributed by atoms with Crippen molar-refractivity contribution < 1.29 is 22.7 Å². The Kier molecular flexibility index (Phi) is 8.31. The summed E-state index contributed by atoms with van der Waals surface area (Å²) < 4.78 is 39.9. The number of aromatic nitrogens is 1. The van der Waals surface area contributed by atoms with Crippen molar-refractivity contribution >= 4 is 42.6 Å². The number of ether oxygens (including phenoxy) is 2. The molecule has 41 heavy (non-hydrogen) atoms. The van der Waals surface area contributed by atoms with E-state index >= 15 is 0 Å². The maximum atomic E-state index is 13.5. The first-order valence-electron chi connectivity index (χ1n) is 13.8. The Morgan fingerprint density at radius 3 is 2.51 bits per heavy atom. The molecule has 0 atom stereocenters. The smallest absolute Gasteiger partial charge is 0.261 e. The lowest BCUT2D eigenvalue weighted by Gasteiger charge is -2.26. The van der Waals surface area contributed by atoms with E-state index in [1.165, 1.54) is 15.6 Å². The van der Waals surface area contributed by atoms with Gasteiger partial charge in [0.2, 0.25) is 10.0 Å². The predicted octanol–water partition coefficient (Wildman–Crippen LogP) is 4.71. The van der Waals surface area contributed by atoms with E-state index in [2.05, 4.69) is 15.2 Å². The average molecular weight is 593 g/mol. The number of hydrogen-bond acceptors (Lipinski definition) is 8. The van der Waals surface area contributed by atoms with E-state index in [-0.39, 0.29) is 10.8 Å². The van der Waals surface area contributed by atoms with Crippen molar-refractivity contribution in [2.75, 3.05) is 57.9 Å². The number of nitrogens with zero attached hydrogens (tertiary/aromatic N) is 3. The topological polar surface area (TPSA) is 101 Å². The Hall–Kier alpha value is -3.35. The molecule has 9 nitrogen and oxygen atoms in total. The Morgan fingerprint density at radius 1 is 0.951 bits per heavy atom. The van der Waals surface area contributed by atoms with Crippen LogP contribution in [-0.4, -0.2) is 81.1 Å². The van der Waals surface area contributed by atoms with Crippen molar-refractivity contribution in [3.63, 3.8) is 0 Å². The molecule has 0 saturated carbocycles. The number of morpholine rings is 1. The largest absolute Gasteiger partial charge is 0.491 e. The molecule has 3 aromatic carbocycles. The van der Waals surface area contributed by atoms with Gasteiger partial charge in [0, 0.05) is 32.7 Å². The van der Waals surface area contributed by atoms with Gasteiger partial charge in [-0.3, -0.25) is 15.0 Å². The third-order valence-electron chi connectivity index (χ3n) is 7.39. The molecule has 0 aliphatic carbocycles. The number of anilines is 1. The second kappa shape index (κ2) is 12.3. The number of fused-ring (bicyclic) bond motifs is 1. The zero-order valence-electron chi connectivity index (χ0n) is 22.6. The van der Waals surface area contributed by atoms with Crippen molar-refractivity contribution in [2.24, 2.45) is 0 Å². The zero-order valence-corrected chi connectivity index (χ0v) is 24.3. The summed E-state index contributed by atoms with van der Waals surface area (Å²) in [6.07, 6.45) is 1.76. The van der Waals surface area contributed by atoms with E-state index in [1.807, 2.05) is 42.5 Å². The van der Waals surface area contributed by atoms with Crippen molar-refractivity contribution in [2.45, 2.75) is 17.7 Å². The Labute approximate surface area is 243 Å². The van der Waals surface area contributed by atoms with Gasteiger partial charge in [0.25, 0.3) is 5.91 Å². The summed E-state index contributed by atoms with van der Waals surface area (Å²) in [5, 5.41) is 3.30. The first-order chi connectivity index (χ1) is 20.0. The maximum absolute atomic E-state index is 13.5. The summed E-state index contributed by atoms with van der Waals surface area (Å²) in [7, 11) is -3.54. The molecule has 2 aliphatic heterocycles. The zero-order chi connectivity index (χ0) is 28.2. The normalized spacial score (nSPS) is 16.7. The van der Waals surface area contributed by atoms with Crippen LogP contribution in [0, 0.1) is 0 Å². The number of rotatable bonds is 9. The summed E-state index contributed by atoms with van der Waals surface area (Å²) >= 11 is 1.25. The molecule has 2 fully saturated rings. The van der Waals surface area contributed by atoms with Crippen molar-refractivity contribution in [1.82, 2.24) is 14.2 Å². The van der Waals surface area contributed by atoms with Gasteiger partial charge in [-0.05, 0) is 54.3 Å². The second-order valence-electron chi connectivity index (χ2n) is 10.1. The average Bonchev–Trinajstić information content (AvgIpc) is 3.68. The fourth-order valence-corrected chi connectivity index (χ4v) is 7.63. The van der Waals surface area contributed by atoms with Crippen LogP contribution in [0.1, 0.15) is 23.2 Å². The van der Waals surface area contributed by atoms with Crippen LogP contribution in [0.15, 0.2) is 71.6 Å². The minimum atomic E-state index is -3.54. The second-order valence-corrected chi connectivity index (χ2v) is 13.1. The standard InChI is InChI=1S/C30H32N4O5S2/c35-29(32-30-31-26-11-9-24(21-28(26)40-30)41(36,37)34-12-4-5-13-34)25-10-8-23(22-6-2-1-3-7-22)20-27(25)39-19-16-33-14-17-38-18-15-33/h1-3,6-11,20-21H,4-5,12-19H2,(H,31,32,35). The summed E-state index contributed by atoms with van der Waals surface area (Å²) in [5.41, 5.74) is 3.02. The molecule has 0 spiro atoms. The first kappa shape index (κ1) is 27.8. The van der Waals surface area contributed by atoms with E-state index in [1.54, 1.807) is 24.3 Å². The van der Waals surface area contributed by atoms with Crippen LogP contribution in [0.4, 0.5) is 5.13 Å². The van der Waals surface area contributed by atoms with Gasteiger partial charge in [0.05, 0.1) is 33.9 Å². The Balaban J connectivity index is 1.22. The summed E-state index contributed by atoms with van der Waals surface area (Å²) in [6.45, 7) is 5.41. The van der Waals surface area contributed by atoms with Gasteiger partial charge in [0.15, 0.2) is 5.13 Å². The lowest BCUT2D eigenvalue weighted by Crippen LogP contribution is -2.38. The van der Waals surface area contributed by atoms with E-state index in [0.717, 1.165) is 43.6 Å². The van der Waals surface area contributed by atoms with Crippen LogP contribution < -0.4 is 10.1 Å². The maximum Gasteiger partial charge on any atom is 0.261 e. The van der Waals surface area contributed by atoms with Crippen LogP contribution in [0.5, 0.6) is 5.75 Å². The molecule has 4 aromatic rings. The SMILES string of the molecule is O=C(Nc1nc2ccc(S(=O)(=O)N3CCCC3)cc2s1)c1ccc(-c2ccccc2)cc1OCCN1CCOCC1. The van der Waals surface area contributed by atoms with Gasteiger partial charge in [-0.15, -0.1) is 0 Å². The summed E-state index contributed by atoms with van der Waals surface area (Å²) in [4.78, 5) is 20.5. The van der Waals surface area contributed by atoms with Crippen LogP contribution in [0.3, 0.4) is 0 Å². The highest BCUT2D eigenvalue weighted by atomic mass is 32.2. The molecule has 214 valence electrons. The minimum absolute atomic E-state index is 0.251. The fraction of sp³-hybridized carbons (Fsp3) is 0.333. The molecule has 0 radical (unpaired) electrons. The number of amides is 1. The summed E-state index contributed by atoms with van der Waals surface area (Å²) in [6, 6.07) is 20.5. The van der Waals surface area contributed by atoms with Gasteiger partial charge in [-0.1, -0.05) is 47.7 Å². The monoisotopic (exact) mass is 592 g/mol. The van der Waals surface area contributed by atoms with Crippen LogP contribution >= 0.6 is 11.3 Å². The molecule has 1 aromatic heterocycles. The molecule has 1 N–H and O–H groups in total. The molecule has 0 unspecified atom stereocenters. The lowest BCUT2D eigenvalue weighted by molar-refractivity contribution is 0.0322. The number of nitrogens with one attached hydrogen (secondary N) is 1. The predicted molar refractivity (Wildman–Crippen MR) is 160 cm³/mol. The highest BCUT2D eigenvalue weighted by Gasteiger charge is 2.27. The van der Waals surface area contributed by atoms with Gasteiger partial charge >= 0.3 is 0 Å². The highest BCUT2D eigenvalue weighted by Crippen LogP contribution is 2.32. The number of sulfonamides is 1. The molecule has 11 heteroatoms. The molecule has 3 heterocycles. The van der Waals surface area contributed by atoms with Gasteiger partial charge in [-0.2, -0.15) is 4.31 Å². The van der Waals surface area contributed by atoms with E-state index in [0.29, 0.717) is 59.6 Å². The Morgan fingerprint density at radius 2 is 1.73 bits per heavy atom. The van der Waals surface area contributed by atoms with E-state index in [4.69, 9.17) is 9.47 Å². The molecule has 2 saturated heterocycles. The number of carbonyl (C=O) groups excluding carboxylic acids is 1. The van der Waals surface area contributed by atoms with Crippen molar-refractivity contribution in [1.29, 1.82) is 0 Å². The van der Waals surface area contributed by atoms with Crippen molar-refractivity contribution in [3.8, 4) is 16.9 Å². The summed E-state index contributed by atoms with van der Waals surface area (Å²) in [5.74, 6) is 0.159. The number of thiazole rings is 1. The molecule has 1 amide bonds. The van der Waals surface area contributed by atoms with E-state index < -0.39 is 10.0 Å². The van der Waals surface area contributed by atoms with Gasteiger partial charge in [0.1, 0.15) is 12.4 Å². The molecule has 0 bridgehead atoms. The van der Waals surface area contributed by atoms with Gasteiger partial charge < -0.3 is 9.47 Å². The number of carbonyl (C=O) groups is 1. The van der Waals surface area contributed by atoms with Crippen molar-refractivity contribution in [3.05, 3.63) is 72.3 Å². The quantitative estimate of drug-likeness (QED) is 0.300. The van der Waals surface area contributed by atoms with E-state index in [9.17, 15) is 13.2 Å². The Bertz CT molecular complexity index is 1630. The molecule has 6 rings (SSSR count). The molecular weight excluding hydrogens is 560 g/mol. The third kappa shape index (κ3) is 6.29. The molecule has 2 aliphatic rings. The fourth-order valence-electron chi connectivity index (χ4n) is 5.11. The van der Waals surface area contributed by atoms with Crippen LogP contribution in [0.25, 0.3) is 21.3 Å². The number of hydrogen-bond donors (Lipinski definition) is 1. The van der Waals surface area contributed by atoms with Crippen LogP contribution in [0.2, 0.25) is 0 Å². The highest BCUT2D eigenvalue weighted by molar-refractivity contribution is 7.89. The minimum Gasteiger partial charge on any atom is -0.491 e. The van der Waals surface area contributed by atoms with Gasteiger partial charge in [-0.25, -0.2) is 13.4 Å². The number of benzene rings is 3. The van der Waals surface area contributed by atoms with Crippen LogP contribution in [-0.2, 0) is 14.8 Å². The lowest BCUT2D eigenvalue weighted by atomic mass is 10.0. The first-order valence-corrected chi connectivity index (χ1v) is 16.1. The molecular formula is C30H32N4O5S2.